The molecule has 9 nitrogen and oxygen atoms in total. The lowest BCUT2D eigenvalue weighted by Gasteiger charge is -2.25. The van der Waals surface area contributed by atoms with Gasteiger partial charge in [0, 0.05) is 41.7 Å². The Bertz CT molecular complexity index is 1400. The molecule has 1 fully saturated rings. The summed E-state index contributed by atoms with van der Waals surface area (Å²) in [7, 11) is -3.87. The third-order valence-electron chi connectivity index (χ3n) is 6.70. The molecule has 0 saturated heterocycles. The molecule has 2 heterocycles. The van der Waals surface area contributed by atoms with E-state index < -0.39 is 10.0 Å². The average Bonchev–Trinajstić information content (AvgIpc) is 3.57. The lowest BCUT2D eigenvalue weighted by Crippen LogP contribution is -2.38. The molecule has 3 aromatic rings. The molecule has 1 aromatic heterocycles. The Morgan fingerprint density at radius 1 is 1.08 bits per heavy atom. The van der Waals surface area contributed by atoms with Gasteiger partial charge in [-0.15, -0.1) is 0 Å². The lowest BCUT2D eigenvalue weighted by atomic mass is 10.1. The van der Waals surface area contributed by atoms with Gasteiger partial charge in [0.2, 0.25) is 10.0 Å². The first-order valence-corrected chi connectivity index (χ1v) is 13.9. The predicted molar refractivity (Wildman–Crippen MR) is 135 cm³/mol. The van der Waals surface area contributed by atoms with Crippen molar-refractivity contribution in [2.75, 3.05) is 13.2 Å². The number of ketones is 1. The van der Waals surface area contributed by atoms with Crippen LogP contribution in [0, 0.1) is 0 Å². The number of nitrogens with one attached hydrogen (secondary N) is 1. The molecule has 2 aliphatic rings. The number of ether oxygens (including phenoxy) is 1. The summed E-state index contributed by atoms with van der Waals surface area (Å²) in [6.07, 6.45) is 4.33. The van der Waals surface area contributed by atoms with Gasteiger partial charge < -0.3 is 14.6 Å². The molecule has 1 aliphatic carbocycles. The number of nitrogens with zero attached hydrogens (tertiary/aromatic N) is 2. The van der Waals surface area contributed by atoms with Crippen molar-refractivity contribution in [1.82, 2.24) is 14.8 Å². The zero-order valence-electron chi connectivity index (χ0n) is 20.0. The number of carbonyl (C=O) groups excluding carboxylic acids is 2. The molecule has 1 amide bonds. The van der Waals surface area contributed by atoms with Crippen molar-refractivity contribution < 1.29 is 27.3 Å². The van der Waals surface area contributed by atoms with Gasteiger partial charge in [0.05, 0.1) is 4.90 Å². The Balaban J connectivity index is 1.25. The molecule has 0 unspecified atom stereocenters. The first-order chi connectivity index (χ1) is 17.8. The zero-order valence-corrected chi connectivity index (χ0v) is 21.6. The molecule has 0 atom stereocenters. The van der Waals surface area contributed by atoms with Crippen molar-refractivity contribution in [2.45, 2.75) is 49.6 Å². The number of carbonyl (C=O) groups is 2. The van der Waals surface area contributed by atoms with E-state index in [1.165, 1.54) is 28.6 Å². The first-order valence-electron chi connectivity index (χ1n) is 12.1. The number of sulfonamides is 1. The second-order valence-electron chi connectivity index (χ2n) is 9.17. The van der Waals surface area contributed by atoms with E-state index in [1.54, 1.807) is 24.3 Å². The van der Waals surface area contributed by atoms with Crippen LogP contribution < -0.4 is 10.1 Å². The van der Waals surface area contributed by atoms with Crippen LogP contribution in [0.4, 0.5) is 0 Å². The summed E-state index contributed by atoms with van der Waals surface area (Å²) in [6.45, 7) is -0.00412. The fraction of sp³-hybridized carbons (Fsp3) is 0.346. The summed E-state index contributed by atoms with van der Waals surface area (Å²) in [5, 5.41) is 7.48. The van der Waals surface area contributed by atoms with E-state index >= 15 is 0 Å². The lowest BCUT2D eigenvalue weighted by molar-refractivity contribution is 0.0916. The largest absolute Gasteiger partial charge is 0.485 e. The smallest absolute Gasteiger partial charge is 0.274 e. The van der Waals surface area contributed by atoms with Gasteiger partial charge in [0.25, 0.3) is 5.91 Å². The maximum Gasteiger partial charge on any atom is 0.274 e. The van der Waals surface area contributed by atoms with Crippen molar-refractivity contribution >= 4 is 33.3 Å². The van der Waals surface area contributed by atoms with Gasteiger partial charge >= 0.3 is 0 Å². The van der Waals surface area contributed by atoms with E-state index in [2.05, 4.69) is 10.5 Å². The first kappa shape index (κ1) is 25.4. The van der Waals surface area contributed by atoms with Crippen LogP contribution in [-0.2, 0) is 23.0 Å². The van der Waals surface area contributed by atoms with Crippen LogP contribution in [0.25, 0.3) is 0 Å². The van der Waals surface area contributed by atoms with Crippen molar-refractivity contribution in [3.05, 3.63) is 76.1 Å². The number of rotatable bonds is 8. The second-order valence-corrected chi connectivity index (χ2v) is 11.5. The normalized spacial score (nSPS) is 16.4. The van der Waals surface area contributed by atoms with Crippen LogP contribution in [0.3, 0.4) is 0 Å². The molecule has 194 valence electrons. The van der Waals surface area contributed by atoms with Crippen LogP contribution >= 0.6 is 11.6 Å². The number of hydrogen-bond donors (Lipinski definition) is 1. The van der Waals surface area contributed by atoms with Crippen LogP contribution in [0.5, 0.6) is 5.75 Å². The summed E-state index contributed by atoms with van der Waals surface area (Å²) in [5.74, 6) is 0.417. The summed E-state index contributed by atoms with van der Waals surface area (Å²) in [4.78, 5) is 25.3. The van der Waals surface area contributed by atoms with Gasteiger partial charge in [-0.1, -0.05) is 29.6 Å². The standard InChI is InChI=1S/C26H26ClN3O6S/c27-18-7-9-20(10-8-18)35-16-23(31)17-5-11-21(12-6-17)37(33,34)30-14-13-24-22(15-30)25(29-36-24)26(32)28-19-3-1-2-4-19/h5-12,19H,1-4,13-16H2,(H,28,32). The van der Waals surface area contributed by atoms with E-state index in [0.717, 1.165) is 25.7 Å². The van der Waals surface area contributed by atoms with Gasteiger partial charge in [0.15, 0.2) is 18.1 Å². The molecule has 11 heteroatoms. The number of hydrogen-bond acceptors (Lipinski definition) is 7. The van der Waals surface area contributed by atoms with E-state index in [0.29, 0.717) is 34.1 Å². The van der Waals surface area contributed by atoms with Crippen molar-refractivity contribution in [1.29, 1.82) is 0 Å². The molecule has 5 rings (SSSR count). The molecular weight excluding hydrogens is 518 g/mol. The predicted octanol–water partition coefficient (Wildman–Crippen LogP) is 4.01. The average molecular weight is 544 g/mol. The molecule has 2 aromatic carbocycles. The molecular formula is C26H26ClN3O6S. The second kappa shape index (κ2) is 10.6. The summed E-state index contributed by atoms with van der Waals surface area (Å²) in [6, 6.07) is 12.5. The number of aromatic nitrogens is 1. The van der Waals surface area contributed by atoms with E-state index in [4.69, 9.17) is 20.9 Å². The Hall–Kier alpha value is -3.21. The highest BCUT2D eigenvalue weighted by Crippen LogP contribution is 2.28. The minimum atomic E-state index is -3.87. The quantitative estimate of drug-likeness (QED) is 0.426. The van der Waals surface area contributed by atoms with Crippen LogP contribution in [0.15, 0.2) is 57.9 Å². The Morgan fingerprint density at radius 3 is 2.49 bits per heavy atom. The topological polar surface area (TPSA) is 119 Å². The maximum absolute atomic E-state index is 13.4. The minimum Gasteiger partial charge on any atom is -0.485 e. The van der Waals surface area contributed by atoms with Gasteiger partial charge in [0.1, 0.15) is 11.5 Å². The number of halogens is 1. The number of benzene rings is 2. The van der Waals surface area contributed by atoms with Crippen LogP contribution in [0.1, 0.15) is 57.9 Å². The monoisotopic (exact) mass is 543 g/mol. The number of amides is 1. The molecule has 0 radical (unpaired) electrons. The van der Waals surface area contributed by atoms with Gasteiger partial charge in [-0.3, -0.25) is 9.59 Å². The minimum absolute atomic E-state index is 0.00972. The van der Waals surface area contributed by atoms with Gasteiger partial charge in [-0.25, -0.2) is 8.42 Å². The molecule has 37 heavy (non-hydrogen) atoms. The summed E-state index contributed by atoms with van der Waals surface area (Å²) < 4.78 is 38.8. The molecule has 0 bridgehead atoms. The van der Waals surface area contributed by atoms with E-state index in [-0.39, 0.29) is 48.0 Å². The fourth-order valence-electron chi connectivity index (χ4n) is 4.62. The van der Waals surface area contributed by atoms with E-state index in [1.807, 2.05) is 0 Å². The molecule has 1 aliphatic heterocycles. The summed E-state index contributed by atoms with van der Waals surface area (Å²) in [5.41, 5.74) is 0.971. The van der Waals surface area contributed by atoms with Crippen molar-refractivity contribution in [2.24, 2.45) is 0 Å². The highest BCUT2D eigenvalue weighted by molar-refractivity contribution is 7.89. The summed E-state index contributed by atoms with van der Waals surface area (Å²) >= 11 is 5.85. The third-order valence-corrected chi connectivity index (χ3v) is 8.81. The Kier molecular flexibility index (Phi) is 7.32. The van der Waals surface area contributed by atoms with Crippen LogP contribution in [0.2, 0.25) is 5.02 Å². The SMILES string of the molecule is O=C(COc1ccc(Cl)cc1)c1ccc(S(=O)(=O)N2CCc3onc(C(=O)NC4CCCC4)c3C2)cc1. The fourth-order valence-corrected chi connectivity index (χ4v) is 6.15. The van der Waals surface area contributed by atoms with Crippen molar-refractivity contribution in [3.63, 3.8) is 0 Å². The third kappa shape index (κ3) is 5.56. The molecule has 1 saturated carbocycles. The number of fused-ring (bicyclic) bond motifs is 1. The molecule has 1 N–H and O–H groups in total. The van der Waals surface area contributed by atoms with Gasteiger partial charge in [-0.2, -0.15) is 4.31 Å². The maximum atomic E-state index is 13.4. The zero-order chi connectivity index (χ0) is 26.0. The van der Waals surface area contributed by atoms with E-state index in [9.17, 15) is 18.0 Å². The highest BCUT2D eigenvalue weighted by atomic mass is 35.5. The van der Waals surface area contributed by atoms with Gasteiger partial charge in [-0.05, 0) is 61.4 Å². The molecule has 0 spiro atoms. The van der Waals surface area contributed by atoms with Crippen LogP contribution in [-0.4, -0.2) is 48.8 Å². The Morgan fingerprint density at radius 2 is 1.78 bits per heavy atom. The Labute approximate surface area is 219 Å². The number of Topliss-reactive ketones (excluding diaryl/α,β-unsaturated/α-hetero) is 1. The highest BCUT2D eigenvalue weighted by Gasteiger charge is 2.34. The van der Waals surface area contributed by atoms with Crippen molar-refractivity contribution in [3.8, 4) is 5.75 Å².